The first kappa shape index (κ1) is 11.6. The maximum absolute atomic E-state index is 11.0. The molecule has 1 aromatic carbocycles. The molecule has 6 heteroatoms. The number of hydrogen-bond acceptors (Lipinski definition) is 3. The van der Waals surface area contributed by atoms with E-state index in [1.807, 2.05) is 30.3 Å². The maximum Gasteiger partial charge on any atom is 0.235 e. The van der Waals surface area contributed by atoms with E-state index in [0.29, 0.717) is 5.82 Å². The monoisotopic (exact) mass is 250 g/mol. The fraction of sp³-hybridized carbons (Fsp3) is 0.182. The Hall–Kier alpha value is -1.88. The number of benzene rings is 1. The Morgan fingerprint density at radius 1 is 1.35 bits per heavy atom. The summed E-state index contributed by atoms with van der Waals surface area (Å²) < 4.78 is 1.65. The molecule has 0 bridgehead atoms. The molecule has 2 rings (SSSR count). The molecule has 2 aromatic rings. The normalized spacial score (nSPS) is 10.2. The van der Waals surface area contributed by atoms with Crippen LogP contribution in [0, 0.1) is 0 Å². The summed E-state index contributed by atoms with van der Waals surface area (Å²) in [5, 5.41) is 6.84. The molecule has 1 heterocycles. The van der Waals surface area contributed by atoms with Crippen molar-refractivity contribution in [2.24, 2.45) is 0 Å². The lowest BCUT2D eigenvalue weighted by atomic mass is 10.3. The average Bonchev–Trinajstić information content (AvgIpc) is 2.86. The standard InChI is InChI=1S/C11H11ClN4O/c12-6-11(17)13-7-10-14-8-16(15-10)9-4-2-1-3-5-9/h1-5,8H,6-7H2,(H,13,17). The summed E-state index contributed by atoms with van der Waals surface area (Å²) in [5.74, 6) is 0.259. The molecule has 0 saturated heterocycles. The van der Waals surface area contributed by atoms with Crippen molar-refractivity contribution >= 4 is 17.5 Å². The van der Waals surface area contributed by atoms with E-state index in [1.54, 1.807) is 11.0 Å². The molecule has 1 amide bonds. The predicted molar refractivity (Wildman–Crippen MR) is 63.9 cm³/mol. The molecule has 17 heavy (non-hydrogen) atoms. The van der Waals surface area contributed by atoms with Crippen molar-refractivity contribution in [3.8, 4) is 5.69 Å². The van der Waals surface area contributed by atoms with Crippen molar-refractivity contribution in [1.29, 1.82) is 0 Å². The van der Waals surface area contributed by atoms with Gasteiger partial charge in [-0.2, -0.15) is 0 Å². The second-order valence-electron chi connectivity index (χ2n) is 3.35. The van der Waals surface area contributed by atoms with Crippen LogP contribution in [-0.4, -0.2) is 26.6 Å². The van der Waals surface area contributed by atoms with Crippen molar-refractivity contribution in [3.63, 3.8) is 0 Å². The third-order valence-corrected chi connectivity index (χ3v) is 2.37. The Kier molecular flexibility index (Phi) is 3.72. The van der Waals surface area contributed by atoms with Crippen molar-refractivity contribution in [3.05, 3.63) is 42.5 Å². The van der Waals surface area contributed by atoms with Gasteiger partial charge in [0, 0.05) is 0 Å². The molecule has 88 valence electrons. The molecule has 5 nitrogen and oxygen atoms in total. The van der Waals surface area contributed by atoms with E-state index < -0.39 is 0 Å². The lowest BCUT2D eigenvalue weighted by Crippen LogP contribution is -2.24. The molecule has 0 aliphatic rings. The summed E-state index contributed by atoms with van der Waals surface area (Å²) in [6.07, 6.45) is 1.61. The number of rotatable bonds is 4. The van der Waals surface area contributed by atoms with Crippen LogP contribution >= 0.6 is 11.6 Å². The number of para-hydroxylation sites is 1. The molecule has 0 atom stereocenters. The molecule has 1 aromatic heterocycles. The van der Waals surface area contributed by atoms with Crippen molar-refractivity contribution in [2.45, 2.75) is 6.54 Å². The van der Waals surface area contributed by atoms with Crippen molar-refractivity contribution < 1.29 is 4.79 Å². The third kappa shape index (κ3) is 3.04. The van der Waals surface area contributed by atoms with Gasteiger partial charge in [-0.05, 0) is 12.1 Å². The van der Waals surface area contributed by atoms with Gasteiger partial charge in [-0.25, -0.2) is 9.67 Å². The molecule has 1 N–H and O–H groups in total. The highest BCUT2D eigenvalue weighted by Crippen LogP contribution is 2.04. The van der Waals surface area contributed by atoms with Gasteiger partial charge < -0.3 is 5.32 Å². The quantitative estimate of drug-likeness (QED) is 0.828. The van der Waals surface area contributed by atoms with Gasteiger partial charge in [0.2, 0.25) is 5.91 Å². The van der Waals surface area contributed by atoms with E-state index in [4.69, 9.17) is 11.6 Å². The molecule has 0 unspecified atom stereocenters. The van der Waals surface area contributed by atoms with E-state index in [1.165, 1.54) is 0 Å². The Labute approximate surface area is 103 Å². The molecule has 0 spiro atoms. The number of alkyl halides is 1. The molecular weight excluding hydrogens is 240 g/mol. The second kappa shape index (κ2) is 5.45. The van der Waals surface area contributed by atoms with E-state index in [2.05, 4.69) is 15.4 Å². The molecule has 0 aliphatic carbocycles. The number of aromatic nitrogens is 3. The summed E-state index contributed by atoms with van der Waals surface area (Å²) in [6.45, 7) is 0.283. The number of hydrogen-bond donors (Lipinski definition) is 1. The van der Waals surface area contributed by atoms with Crippen LogP contribution in [0.15, 0.2) is 36.7 Å². The highest BCUT2D eigenvalue weighted by Gasteiger charge is 2.04. The molecule has 0 radical (unpaired) electrons. The maximum atomic E-state index is 11.0. The fourth-order valence-electron chi connectivity index (χ4n) is 1.31. The van der Waals surface area contributed by atoms with Crippen LogP contribution in [-0.2, 0) is 11.3 Å². The molecule has 0 saturated carbocycles. The minimum atomic E-state index is -0.234. The number of amides is 1. The highest BCUT2D eigenvalue weighted by atomic mass is 35.5. The van der Waals surface area contributed by atoms with Crippen LogP contribution in [0.25, 0.3) is 5.69 Å². The van der Waals surface area contributed by atoms with Gasteiger partial charge in [0.15, 0.2) is 5.82 Å². The van der Waals surface area contributed by atoms with Crippen molar-refractivity contribution in [2.75, 3.05) is 5.88 Å². The summed E-state index contributed by atoms with van der Waals surface area (Å²) >= 11 is 5.36. The van der Waals surface area contributed by atoms with E-state index in [9.17, 15) is 4.79 Å². The minimum absolute atomic E-state index is 0.0562. The van der Waals surface area contributed by atoms with Crippen molar-refractivity contribution in [1.82, 2.24) is 20.1 Å². The van der Waals surface area contributed by atoms with Gasteiger partial charge in [-0.3, -0.25) is 4.79 Å². The number of carbonyl (C=O) groups excluding carboxylic acids is 1. The van der Waals surface area contributed by atoms with Gasteiger partial charge in [0.25, 0.3) is 0 Å². The van der Waals surface area contributed by atoms with E-state index in [-0.39, 0.29) is 18.3 Å². The third-order valence-electron chi connectivity index (χ3n) is 2.13. The zero-order chi connectivity index (χ0) is 12.1. The summed E-state index contributed by atoms with van der Waals surface area (Å²) in [6, 6.07) is 9.63. The highest BCUT2D eigenvalue weighted by molar-refractivity contribution is 6.27. The number of halogens is 1. The first-order valence-corrected chi connectivity index (χ1v) is 5.61. The van der Waals surface area contributed by atoms with Crippen LogP contribution < -0.4 is 5.32 Å². The van der Waals surface area contributed by atoms with Crippen LogP contribution in [0.3, 0.4) is 0 Å². The van der Waals surface area contributed by atoms with Gasteiger partial charge in [0.1, 0.15) is 12.2 Å². The first-order valence-electron chi connectivity index (χ1n) is 5.08. The zero-order valence-corrected chi connectivity index (χ0v) is 9.76. The zero-order valence-electron chi connectivity index (χ0n) is 9.01. The van der Waals surface area contributed by atoms with Gasteiger partial charge in [0.05, 0.1) is 12.2 Å². The lowest BCUT2D eigenvalue weighted by Gasteiger charge is -1.99. The van der Waals surface area contributed by atoms with Gasteiger partial charge >= 0.3 is 0 Å². The van der Waals surface area contributed by atoms with E-state index in [0.717, 1.165) is 5.69 Å². The first-order chi connectivity index (χ1) is 8.29. The molecule has 0 fully saturated rings. The Morgan fingerprint density at radius 2 is 2.12 bits per heavy atom. The number of carbonyl (C=O) groups is 1. The van der Waals surface area contributed by atoms with Crippen LogP contribution in [0.1, 0.15) is 5.82 Å². The topological polar surface area (TPSA) is 59.8 Å². The minimum Gasteiger partial charge on any atom is -0.348 e. The summed E-state index contributed by atoms with van der Waals surface area (Å²) in [4.78, 5) is 15.0. The molecular formula is C11H11ClN4O. The second-order valence-corrected chi connectivity index (χ2v) is 3.62. The number of nitrogens with zero attached hydrogens (tertiary/aromatic N) is 3. The number of nitrogens with one attached hydrogen (secondary N) is 1. The van der Waals surface area contributed by atoms with Gasteiger partial charge in [-0.1, -0.05) is 18.2 Å². The summed E-state index contributed by atoms with van der Waals surface area (Å²) in [5.41, 5.74) is 0.926. The van der Waals surface area contributed by atoms with Gasteiger partial charge in [-0.15, -0.1) is 16.7 Å². The predicted octanol–water partition coefficient (Wildman–Crippen LogP) is 1.12. The molecule has 0 aliphatic heterocycles. The SMILES string of the molecule is O=C(CCl)NCc1ncn(-c2ccccc2)n1. The average molecular weight is 251 g/mol. The Balaban J connectivity index is 2.04. The fourth-order valence-corrected chi connectivity index (χ4v) is 1.40. The Bertz CT molecular complexity index is 497. The van der Waals surface area contributed by atoms with E-state index >= 15 is 0 Å². The summed E-state index contributed by atoms with van der Waals surface area (Å²) in [7, 11) is 0. The smallest absolute Gasteiger partial charge is 0.235 e. The largest absolute Gasteiger partial charge is 0.348 e. The van der Waals surface area contributed by atoms with Crippen LogP contribution in [0.4, 0.5) is 0 Å². The Morgan fingerprint density at radius 3 is 2.82 bits per heavy atom. The lowest BCUT2D eigenvalue weighted by molar-refractivity contribution is -0.118. The van der Waals surface area contributed by atoms with Crippen LogP contribution in [0.5, 0.6) is 0 Å². The van der Waals surface area contributed by atoms with Crippen LogP contribution in [0.2, 0.25) is 0 Å².